The summed E-state index contributed by atoms with van der Waals surface area (Å²) >= 11 is 6.36. The Morgan fingerprint density at radius 2 is 1.84 bits per heavy atom. The molecule has 32 heavy (non-hydrogen) atoms. The summed E-state index contributed by atoms with van der Waals surface area (Å²) in [6.07, 6.45) is 4.25. The van der Waals surface area contributed by atoms with E-state index in [1.165, 1.54) is 5.56 Å². The molecule has 1 fully saturated rings. The first kappa shape index (κ1) is 22.9. The molecule has 4 rings (SSSR count). The quantitative estimate of drug-likeness (QED) is 0.523. The van der Waals surface area contributed by atoms with Crippen LogP contribution in [-0.4, -0.2) is 39.7 Å². The molecule has 0 bridgehead atoms. The molecule has 3 aromatic rings. The van der Waals surface area contributed by atoms with E-state index in [0.29, 0.717) is 12.0 Å². The molecule has 0 saturated carbocycles. The van der Waals surface area contributed by atoms with Crippen LogP contribution in [-0.2, 0) is 7.05 Å². The number of piperidine rings is 1. The van der Waals surface area contributed by atoms with E-state index in [4.69, 9.17) is 16.3 Å². The summed E-state index contributed by atoms with van der Waals surface area (Å²) in [6.45, 7) is 13.0. The van der Waals surface area contributed by atoms with Crippen molar-refractivity contribution in [2.24, 2.45) is 7.05 Å². The highest BCUT2D eigenvalue weighted by Gasteiger charge is 2.23. The van der Waals surface area contributed by atoms with Gasteiger partial charge in [0.2, 0.25) is 0 Å². The van der Waals surface area contributed by atoms with Gasteiger partial charge in [0.1, 0.15) is 16.9 Å². The molecule has 1 aliphatic heterocycles. The number of hydrogen-bond donors (Lipinski definition) is 1. The number of aryl methyl sites for hydroxylation is 1. The number of ether oxygens (including phenoxy) is 1. The molecule has 2 aromatic heterocycles. The van der Waals surface area contributed by atoms with E-state index < -0.39 is 0 Å². The Labute approximate surface area is 195 Å². The second-order valence-corrected chi connectivity index (χ2v) is 10.00. The molecule has 1 N–H and O–H groups in total. The second-order valence-electron chi connectivity index (χ2n) is 9.62. The second kappa shape index (κ2) is 8.95. The smallest absolute Gasteiger partial charge is 0.269 e. The molecular formula is C26H34ClN3O2. The fourth-order valence-electron chi connectivity index (χ4n) is 4.81. The van der Waals surface area contributed by atoms with Gasteiger partial charge in [-0.2, -0.15) is 0 Å². The average molecular weight is 456 g/mol. The minimum absolute atomic E-state index is 0.172. The topological polar surface area (TPSA) is 50.3 Å². The van der Waals surface area contributed by atoms with Crippen LogP contribution in [0, 0.1) is 6.92 Å². The van der Waals surface area contributed by atoms with Gasteiger partial charge in [0.25, 0.3) is 5.56 Å². The molecule has 1 aromatic carbocycles. The van der Waals surface area contributed by atoms with Crippen molar-refractivity contribution in [2.75, 3.05) is 13.1 Å². The van der Waals surface area contributed by atoms with Crippen LogP contribution in [0.4, 0.5) is 0 Å². The standard InChI is InChI=1S/C26H34ClN3O2/c1-15(2)23-20-13-19(32-18-9-11-30(12-10-18)16(3)4)7-8-22(20)28-25(23)21-14-29(6)26(31)24(27)17(21)5/h7-8,13-16,18,28H,9-12H2,1-6H3. The first-order valence-electron chi connectivity index (χ1n) is 11.6. The van der Waals surface area contributed by atoms with Crippen molar-refractivity contribution in [1.82, 2.24) is 14.5 Å². The van der Waals surface area contributed by atoms with Gasteiger partial charge in [-0.05, 0) is 68.9 Å². The highest BCUT2D eigenvalue weighted by atomic mass is 35.5. The number of rotatable bonds is 5. The lowest BCUT2D eigenvalue weighted by molar-refractivity contribution is 0.0844. The van der Waals surface area contributed by atoms with Gasteiger partial charge in [-0.25, -0.2) is 0 Å². The van der Waals surface area contributed by atoms with Crippen molar-refractivity contribution < 1.29 is 4.74 Å². The molecule has 1 saturated heterocycles. The number of H-pyrrole nitrogens is 1. The number of pyridine rings is 1. The van der Waals surface area contributed by atoms with Crippen molar-refractivity contribution >= 4 is 22.5 Å². The minimum atomic E-state index is -0.172. The first-order valence-corrected chi connectivity index (χ1v) is 12.0. The third kappa shape index (κ3) is 4.20. The molecule has 0 aliphatic carbocycles. The van der Waals surface area contributed by atoms with E-state index in [-0.39, 0.29) is 16.7 Å². The Morgan fingerprint density at radius 3 is 2.47 bits per heavy atom. The summed E-state index contributed by atoms with van der Waals surface area (Å²) in [5, 5.41) is 1.44. The molecule has 6 heteroatoms. The molecular weight excluding hydrogens is 422 g/mol. The zero-order chi connectivity index (χ0) is 23.2. The van der Waals surface area contributed by atoms with Crippen LogP contribution < -0.4 is 10.3 Å². The van der Waals surface area contributed by atoms with E-state index >= 15 is 0 Å². The Kier molecular flexibility index (Phi) is 6.42. The molecule has 172 valence electrons. The summed E-state index contributed by atoms with van der Waals surface area (Å²) in [6, 6.07) is 6.91. The molecule has 0 unspecified atom stereocenters. The average Bonchev–Trinajstić information content (AvgIpc) is 3.14. The Bertz CT molecular complexity index is 1180. The van der Waals surface area contributed by atoms with E-state index in [1.807, 2.05) is 13.1 Å². The predicted octanol–water partition coefficient (Wildman–Crippen LogP) is 5.87. The maximum absolute atomic E-state index is 12.3. The summed E-state index contributed by atoms with van der Waals surface area (Å²) < 4.78 is 7.97. The van der Waals surface area contributed by atoms with Gasteiger partial charge >= 0.3 is 0 Å². The lowest BCUT2D eigenvalue weighted by atomic mass is 9.95. The first-order chi connectivity index (χ1) is 15.2. The SMILES string of the molecule is Cc1c(-c2[nH]c3ccc(OC4CCN(C(C)C)CC4)cc3c2C(C)C)cn(C)c(=O)c1Cl. The number of aromatic amines is 1. The highest BCUT2D eigenvalue weighted by molar-refractivity contribution is 6.31. The fourth-order valence-corrected chi connectivity index (χ4v) is 5.05. The van der Waals surface area contributed by atoms with E-state index in [1.54, 1.807) is 11.6 Å². The third-order valence-electron chi connectivity index (χ3n) is 6.73. The van der Waals surface area contributed by atoms with Crippen LogP contribution in [0.2, 0.25) is 5.02 Å². The van der Waals surface area contributed by atoms with E-state index in [9.17, 15) is 4.79 Å². The maximum atomic E-state index is 12.3. The van der Waals surface area contributed by atoms with Gasteiger partial charge in [-0.15, -0.1) is 0 Å². The van der Waals surface area contributed by atoms with Crippen LogP contribution in [0.5, 0.6) is 5.75 Å². The molecule has 0 amide bonds. The molecule has 0 spiro atoms. The predicted molar refractivity (Wildman–Crippen MR) is 133 cm³/mol. The highest BCUT2D eigenvalue weighted by Crippen LogP contribution is 2.39. The zero-order valence-electron chi connectivity index (χ0n) is 20.0. The number of nitrogens with one attached hydrogen (secondary N) is 1. The molecule has 0 radical (unpaired) electrons. The Hall–Kier alpha value is -2.24. The number of aromatic nitrogens is 2. The largest absolute Gasteiger partial charge is 0.490 e. The molecule has 5 nitrogen and oxygen atoms in total. The monoisotopic (exact) mass is 455 g/mol. The number of likely N-dealkylation sites (tertiary alicyclic amines) is 1. The molecule has 3 heterocycles. The van der Waals surface area contributed by atoms with Crippen LogP contribution in [0.25, 0.3) is 22.2 Å². The van der Waals surface area contributed by atoms with Crippen LogP contribution >= 0.6 is 11.6 Å². The normalized spacial score (nSPS) is 15.9. The van der Waals surface area contributed by atoms with Crippen molar-refractivity contribution in [2.45, 2.75) is 65.5 Å². The number of halogens is 1. The van der Waals surface area contributed by atoms with Crippen LogP contribution in [0.1, 0.15) is 57.6 Å². The van der Waals surface area contributed by atoms with Gasteiger partial charge < -0.3 is 19.2 Å². The van der Waals surface area contributed by atoms with E-state index in [2.05, 4.69) is 55.8 Å². The van der Waals surface area contributed by atoms with Gasteiger partial charge in [0, 0.05) is 48.8 Å². The number of nitrogens with zero attached hydrogens (tertiary/aromatic N) is 2. The number of benzene rings is 1. The van der Waals surface area contributed by atoms with E-state index in [0.717, 1.165) is 59.4 Å². The summed E-state index contributed by atoms with van der Waals surface area (Å²) in [5.74, 6) is 1.21. The summed E-state index contributed by atoms with van der Waals surface area (Å²) in [7, 11) is 1.74. The Morgan fingerprint density at radius 1 is 1.16 bits per heavy atom. The van der Waals surface area contributed by atoms with Crippen molar-refractivity contribution in [3.8, 4) is 17.0 Å². The van der Waals surface area contributed by atoms with Gasteiger partial charge in [0.15, 0.2) is 0 Å². The van der Waals surface area contributed by atoms with Crippen LogP contribution in [0.3, 0.4) is 0 Å². The number of fused-ring (bicyclic) bond motifs is 1. The van der Waals surface area contributed by atoms with Gasteiger partial charge in [-0.3, -0.25) is 4.79 Å². The van der Waals surface area contributed by atoms with Crippen molar-refractivity contribution in [1.29, 1.82) is 0 Å². The van der Waals surface area contributed by atoms with Gasteiger partial charge in [0.05, 0.1) is 5.69 Å². The molecule has 0 atom stereocenters. The zero-order valence-corrected chi connectivity index (χ0v) is 20.7. The minimum Gasteiger partial charge on any atom is -0.490 e. The molecule has 1 aliphatic rings. The lowest BCUT2D eigenvalue weighted by Gasteiger charge is -2.34. The summed E-state index contributed by atoms with van der Waals surface area (Å²) in [5.41, 5.74) is 4.90. The van der Waals surface area contributed by atoms with Crippen LogP contribution in [0.15, 0.2) is 29.2 Å². The number of hydrogen-bond acceptors (Lipinski definition) is 3. The van der Waals surface area contributed by atoms with Gasteiger partial charge in [-0.1, -0.05) is 25.4 Å². The summed E-state index contributed by atoms with van der Waals surface area (Å²) in [4.78, 5) is 18.4. The van der Waals surface area contributed by atoms with Crippen molar-refractivity contribution in [3.63, 3.8) is 0 Å². The Balaban J connectivity index is 1.71. The maximum Gasteiger partial charge on any atom is 0.269 e. The lowest BCUT2D eigenvalue weighted by Crippen LogP contribution is -2.41. The van der Waals surface area contributed by atoms with Crippen molar-refractivity contribution in [3.05, 3.63) is 50.9 Å². The third-order valence-corrected chi connectivity index (χ3v) is 7.18. The fraction of sp³-hybridized carbons (Fsp3) is 0.500.